The topological polar surface area (TPSA) is 374 Å². The summed E-state index contributed by atoms with van der Waals surface area (Å²) in [5.74, 6) is -1.98. The third-order valence-corrected chi connectivity index (χ3v) is 18.6. The number of phosphoric ester groups is 1. The maximum Gasteiger partial charge on any atom is 0.472 e. The van der Waals surface area contributed by atoms with Gasteiger partial charge in [-0.05, 0) is 19.3 Å². The van der Waals surface area contributed by atoms with Crippen LogP contribution in [0, 0.1) is 0 Å². The minimum absolute atomic E-state index is 0.0330. The molecule has 1 aliphatic carbocycles. The van der Waals surface area contributed by atoms with Gasteiger partial charge in [0.1, 0.15) is 98.7 Å². The van der Waals surface area contributed by atoms with E-state index < -0.39 is 156 Å². The molecule has 3 rings (SSSR count). The highest BCUT2D eigenvalue weighted by Crippen LogP contribution is 2.49. The van der Waals surface area contributed by atoms with Crippen molar-refractivity contribution in [1.82, 2.24) is 0 Å². The molecule has 0 aromatic heterocycles. The summed E-state index contributed by atoms with van der Waals surface area (Å²) in [6, 6.07) is 0. The second-order valence-electron chi connectivity index (χ2n) is 25.6. The highest BCUT2D eigenvalue weighted by atomic mass is 31.2. The Bertz CT molecular complexity index is 1910. The van der Waals surface area contributed by atoms with Gasteiger partial charge in [0.2, 0.25) is 0 Å². The van der Waals surface area contributed by atoms with Gasteiger partial charge in [0.25, 0.3) is 0 Å². The molecule has 2 saturated heterocycles. The van der Waals surface area contributed by atoms with Crippen LogP contribution in [-0.2, 0) is 61.2 Å². The maximum absolute atomic E-state index is 14.3. The predicted molar refractivity (Wildman–Crippen MR) is 338 cm³/mol. The lowest BCUT2D eigenvalue weighted by atomic mass is 9.84. The van der Waals surface area contributed by atoms with Gasteiger partial charge in [0, 0.05) is 19.3 Å². The second kappa shape index (κ2) is 49.5. The number of esters is 3. The van der Waals surface area contributed by atoms with E-state index in [1.54, 1.807) is 0 Å². The van der Waals surface area contributed by atoms with Gasteiger partial charge in [-0.3, -0.25) is 23.4 Å². The predicted octanol–water partition coefficient (Wildman–Crippen LogP) is 8.23. The molecule has 0 radical (unpaired) electrons. The molecule has 2 heterocycles. The number of carbonyl (C=O) groups is 3. The molecule has 2 aliphatic heterocycles. The highest BCUT2D eigenvalue weighted by molar-refractivity contribution is 7.47. The summed E-state index contributed by atoms with van der Waals surface area (Å²) in [5.41, 5.74) is 0. The van der Waals surface area contributed by atoms with Crippen LogP contribution in [-0.4, -0.2) is 204 Å². The van der Waals surface area contributed by atoms with Crippen LogP contribution >= 0.6 is 7.82 Å². The maximum atomic E-state index is 14.3. The first-order valence-corrected chi connectivity index (χ1v) is 36.8. The van der Waals surface area contributed by atoms with Crippen LogP contribution in [0.2, 0.25) is 0 Å². The van der Waals surface area contributed by atoms with Gasteiger partial charge in [0.15, 0.2) is 18.7 Å². The van der Waals surface area contributed by atoms with Gasteiger partial charge in [-0.1, -0.05) is 233 Å². The zero-order valence-corrected chi connectivity index (χ0v) is 56.3. The average molecular weight is 1330 g/mol. The van der Waals surface area contributed by atoms with E-state index in [1.807, 2.05) is 0 Å². The summed E-state index contributed by atoms with van der Waals surface area (Å²) in [5, 5.41) is 110. The first-order valence-electron chi connectivity index (χ1n) is 35.3. The molecule has 0 amide bonds. The number of hydrogen-bond donors (Lipinski definition) is 11. The van der Waals surface area contributed by atoms with Gasteiger partial charge in [0.05, 0.1) is 13.2 Å². The standard InChI is InChI=1S/C66H123O24P/c1-4-7-10-13-16-19-22-24-27-29-31-34-37-40-50(68)82-44-47(85-52(70)42-39-36-33-30-25-21-18-15-12-9-6-3)45-84-91(80,81)90-64-62(88-65-60(78)55(73)53(71)48(43-67)86-65)58(76)57(75)59(77)63(64)89-66-61(79)56(74)54(72)49(87-66)46-83-51(69)41-38-35-32-28-26-23-20-17-14-11-8-5-2/h47-49,53-67,71-79H,4-46H2,1-3H3,(H,80,81). The highest BCUT2D eigenvalue weighted by Gasteiger charge is 2.58. The Hall–Kier alpha value is -2.04. The van der Waals surface area contributed by atoms with Crippen LogP contribution in [0.3, 0.4) is 0 Å². The van der Waals surface area contributed by atoms with E-state index in [1.165, 1.54) is 122 Å². The molecule has 0 spiro atoms. The van der Waals surface area contributed by atoms with Gasteiger partial charge in [-0.2, -0.15) is 0 Å². The summed E-state index contributed by atoms with van der Waals surface area (Å²) in [6.45, 7) is 3.41. The molecule has 3 aliphatic rings. The van der Waals surface area contributed by atoms with Crippen molar-refractivity contribution in [2.45, 2.75) is 375 Å². The summed E-state index contributed by atoms with van der Waals surface area (Å²) < 4.78 is 64.8. The summed E-state index contributed by atoms with van der Waals surface area (Å²) in [4.78, 5) is 50.7. The lowest BCUT2D eigenvalue weighted by Gasteiger charge is -2.49. The Labute approximate surface area is 542 Å². The van der Waals surface area contributed by atoms with Crippen molar-refractivity contribution < 1.29 is 117 Å². The zero-order valence-electron chi connectivity index (χ0n) is 55.4. The Morgan fingerprint density at radius 1 is 0.385 bits per heavy atom. The van der Waals surface area contributed by atoms with Crippen LogP contribution in [0.25, 0.3) is 0 Å². The molecule has 1 saturated carbocycles. The first kappa shape index (κ1) is 83.2. The number of hydrogen-bond acceptors (Lipinski definition) is 23. The third-order valence-electron chi connectivity index (χ3n) is 17.6. The smallest absolute Gasteiger partial charge is 0.463 e. The Balaban J connectivity index is 1.76. The van der Waals surface area contributed by atoms with Crippen LogP contribution in [0.4, 0.5) is 0 Å². The minimum atomic E-state index is -5.68. The SMILES string of the molecule is CCCCCCCCCCCCCCCC(=O)OCC(COP(=O)(O)OC1C(OC2OC(CO)C(O)C(O)C2O)C(O)C(O)C(O)C1OC1OC(COC(=O)CCCCCCCCCCCCCC)C(O)C(O)C1O)OC(=O)CCCCCCCCCCCCC. The number of ether oxygens (including phenoxy) is 7. The van der Waals surface area contributed by atoms with Crippen molar-refractivity contribution in [1.29, 1.82) is 0 Å². The summed E-state index contributed by atoms with van der Waals surface area (Å²) in [7, 11) is -5.68. The number of rotatable bonds is 54. The lowest BCUT2D eigenvalue weighted by molar-refractivity contribution is -0.360. The fourth-order valence-electron chi connectivity index (χ4n) is 11.8. The van der Waals surface area contributed by atoms with E-state index >= 15 is 0 Å². The molecule has 0 aromatic carbocycles. The van der Waals surface area contributed by atoms with Crippen LogP contribution < -0.4 is 0 Å². The molecule has 24 nitrogen and oxygen atoms in total. The van der Waals surface area contributed by atoms with Crippen molar-refractivity contribution in [2.24, 2.45) is 0 Å². The third kappa shape index (κ3) is 33.7. The van der Waals surface area contributed by atoms with Crippen LogP contribution in [0.15, 0.2) is 0 Å². The molecule has 536 valence electrons. The van der Waals surface area contributed by atoms with E-state index in [2.05, 4.69) is 20.8 Å². The Kier molecular flexibility index (Phi) is 45.2. The van der Waals surface area contributed by atoms with E-state index in [0.717, 1.165) is 89.9 Å². The Morgan fingerprint density at radius 3 is 1.08 bits per heavy atom. The van der Waals surface area contributed by atoms with Crippen molar-refractivity contribution in [3.05, 3.63) is 0 Å². The van der Waals surface area contributed by atoms with E-state index in [9.17, 15) is 74.9 Å². The molecule has 3 fully saturated rings. The lowest BCUT2D eigenvalue weighted by Crippen LogP contribution is -2.69. The average Bonchev–Trinajstić information content (AvgIpc) is 0.801. The molecule has 18 atom stereocenters. The molecular weight excluding hydrogens is 1210 g/mol. The number of unbranched alkanes of at least 4 members (excludes halogenated alkanes) is 33. The molecule has 18 unspecified atom stereocenters. The molecule has 0 bridgehead atoms. The summed E-state index contributed by atoms with van der Waals surface area (Å²) >= 11 is 0. The fourth-order valence-corrected chi connectivity index (χ4v) is 12.8. The molecule has 91 heavy (non-hydrogen) atoms. The number of aliphatic hydroxyl groups excluding tert-OH is 10. The van der Waals surface area contributed by atoms with Gasteiger partial charge in [-0.15, -0.1) is 0 Å². The van der Waals surface area contributed by atoms with Gasteiger partial charge >= 0.3 is 25.7 Å². The van der Waals surface area contributed by atoms with Crippen LogP contribution in [0.1, 0.15) is 271 Å². The minimum Gasteiger partial charge on any atom is -0.463 e. The quantitative estimate of drug-likeness (QED) is 0.0118. The molecule has 0 aromatic rings. The second-order valence-corrected chi connectivity index (χ2v) is 27.0. The summed E-state index contributed by atoms with van der Waals surface area (Å²) in [6.07, 6.45) is 3.53. The molecule has 25 heteroatoms. The zero-order chi connectivity index (χ0) is 66.8. The fraction of sp³-hybridized carbons (Fsp3) is 0.955. The molecule has 11 N–H and O–H groups in total. The number of phosphoric acid groups is 1. The van der Waals surface area contributed by atoms with Crippen molar-refractivity contribution in [3.8, 4) is 0 Å². The van der Waals surface area contributed by atoms with Crippen molar-refractivity contribution >= 4 is 25.7 Å². The molecular formula is C66H123O24P. The first-order chi connectivity index (χ1) is 43.8. The van der Waals surface area contributed by atoms with Crippen LogP contribution in [0.5, 0.6) is 0 Å². The number of carbonyl (C=O) groups excluding carboxylic acids is 3. The van der Waals surface area contributed by atoms with Crippen molar-refractivity contribution in [2.75, 3.05) is 26.4 Å². The van der Waals surface area contributed by atoms with E-state index in [4.69, 9.17) is 42.2 Å². The van der Waals surface area contributed by atoms with E-state index in [0.29, 0.717) is 19.3 Å². The normalized spacial score (nSPS) is 28.8. The van der Waals surface area contributed by atoms with Crippen molar-refractivity contribution in [3.63, 3.8) is 0 Å². The van der Waals surface area contributed by atoms with E-state index in [-0.39, 0.29) is 19.3 Å². The monoisotopic (exact) mass is 1330 g/mol. The van der Waals surface area contributed by atoms with Gasteiger partial charge < -0.3 is 89.1 Å². The largest absolute Gasteiger partial charge is 0.472 e. The Morgan fingerprint density at radius 2 is 0.703 bits per heavy atom. The van der Waals surface area contributed by atoms with Gasteiger partial charge in [-0.25, -0.2) is 4.57 Å². The number of aliphatic hydroxyl groups is 10.